The Bertz CT molecular complexity index is 1430. The first kappa shape index (κ1) is 32.4. The van der Waals surface area contributed by atoms with Gasteiger partial charge in [0.1, 0.15) is 18.3 Å². The lowest BCUT2D eigenvalue weighted by atomic mass is 10.1. The van der Waals surface area contributed by atoms with Crippen molar-refractivity contribution in [3.8, 4) is 5.75 Å². The first-order valence-electron chi connectivity index (χ1n) is 13.2. The fourth-order valence-corrected chi connectivity index (χ4v) is 5.90. The number of anilines is 1. The molecule has 3 aromatic carbocycles. The summed E-state index contributed by atoms with van der Waals surface area (Å²) in [6, 6.07) is 18.8. The van der Waals surface area contributed by atoms with E-state index in [1.54, 1.807) is 67.6 Å². The molecule has 220 valence electrons. The molecule has 1 atom stereocenters. The molecule has 0 bridgehead atoms. The number of halogens is 2. The first-order valence-corrected chi connectivity index (χ1v) is 15.9. The van der Waals surface area contributed by atoms with Gasteiger partial charge in [0.25, 0.3) is 10.0 Å². The molecular weight excluding hydrogens is 630 g/mol. The summed E-state index contributed by atoms with van der Waals surface area (Å²) in [4.78, 5) is 28.4. The number of ether oxygens (including phenoxy) is 1. The molecule has 0 aliphatic carbocycles. The van der Waals surface area contributed by atoms with E-state index in [0.29, 0.717) is 34.0 Å². The van der Waals surface area contributed by atoms with Crippen molar-refractivity contribution in [2.45, 2.75) is 45.2 Å². The highest BCUT2D eigenvalue weighted by Gasteiger charge is 2.32. The highest BCUT2D eigenvalue weighted by atomic mass is 79.9. The predicted molar refractivity (Wildman–Crippen MR) is 166 cm³/mol. The van der Waals surface area contributed by atoms with Crippen LogP contribution in [0.2, 0.25) is 5.02 Å². The second-order valence-electron chi connectivity index (χ2n) is 9.86. The number of benzene rings is 3. The summed E-state index contributed by atoms with van der Waals surface area (Å²) < 4.78 is 35.1. The minimum atomic E-state index is -4.17. The Morgan fingerprint density at radius 1 is 1.00 bits per heavy atom. The molecule has 11 heteroatoms. The summed E-state index contributed by atoms with van der Waals surface area (Å²) in [5.41, 5.74) is 0.988. The third-order valence-corrected chi connectivity index (χ3v) is 8.76. The van der Waals surface area contributed by atoms with Gasteiger partial charge in [0.15, 0.2) is 0 Å². The van der Waals surface area contributed by atoms with Gasteiger partial charge >= 0.3 is 0 Å². The number of carbonyl (C=O) groups excluding carboxylic acids is 2. The Kier molecular flexibility index (Phi) is 11.6. The maximum Gasteiger partial charge on any atom is 0.264 e. The maximum atomic E-state index is 14.0. The van der Waals surface area contributed by atoms with E-state index in [-0.39, 0.29) is 29.0 Å². The zero-order chi connectivity index (χ0) is 30.2. The Labute approximate surface area is 255 Å². The van der Waals surface area contributed by atoms with Crippen LogP contribution in [0.3, 0.4) is 0 Å². The summed E-state index contributed by atoms with van der Waals surface area (Å²) in [5.74, 6) is -0.0970. The van der Waals surface area contributed by atoms with Crippen LogP contribution >= 0.6 is 27.5 Å². The molecule has 1 N–H and O–H groups in total. The first-order chi connectivity index (χ1) is 19.4. The molecule has 3 rings (SSSR count). The lowest BCUT2D eigenvalue weighted by molar-refractivity contribution is -0.139. The van der Waals surface area contributed by atoms with Crippen LogP contribution in [0.5, 0.6) is 5.75 Å². The molecule has 3 aromatic rings. The predicted octanol–water partition coefficient (Wildman–Crippen LogP) is 5.89. The lowest BCUT2D eigenvalue weighted by Gasteiger charge is -2.32. The average molecular weight is 665 g/mol. The van der Waals surface area contributed by atoms with Crippen LogP contribution in [0, 0.1) is 5.92 Å². The summed E-state index contributed by atoms with van der Waals surface area (Å²) in [7, 11) is -4.17. The molecular formula is C30H35BrClN3O5S. The monoisotopic (exact) mass is 663 g/mol. The number of rotatable bonds is 13. The molecule has 0 aromatic heterocycles. The van der Waals surface area contributed by atoms with E-state index in [4.69, 9.17) is 16.3 Å². The van der Waals surface area contributed by atoms with Crippen molar-refractivity contribution in [3.63, 3.8) is 0 Å². The van der Waals surface area contributed by atoms with E-state index < -0.39 is 28.5 Å². The van der Waals surface area contributed by atoms with Gasteiger partial charge in [0.05, 0.1) is 17.2 Å². The van der Waals surface area contributed by atoms with Gasteiger partial charge in [0, 0.05) is 22.6 Å². The molecule has 2 amide bonds. The van der Waals surface area contributed by atoms with Gasteiger partial charge in [0.2, 0.25) is 11.8 Å². The highest BCUT2D eigenvalue weighted by molar-refractivity contribution is 9.10. The van der Waals surface area contributed by atoms with Crippen LogP contribution in [0.15, 0.2) is 82.2 Å². The van der Waals surface area contributed by atoms with Gasteiger partial charge in [-0.2, -0.15) is 0 Å². The fraction of sp³-hybridized carbons (Fsp3) is 0.333. The van der Waals surface area contributed by atoms with Gasteiger partial charge in [-0.25, -0.2) is 8.42 Å². The van der Waals surface area contributed by atoms with Crippen molar-refractivity contribution < 1.29 is 22.7 Å². The Balaban J connectivity index is 2.02. The quantitative estimate of drug-likeness (QED) is 0.246. The highest BCUT2D eigenvalue weighted by Crippen LogP contribution is 2.27. The summed E-state index contributed by atoms with van der Waals surface area (Å²) >= 11 is 9.52. The molecule has 8 nitrogen and oxygen atoms in total. The van der Waals surface area contributed by atoms with E-state index in [1.807, 2.05) is 20.8 Å². The second-order valence-corrected chi connectivity index (χ2v) is 13.1. The smallest absolute Gasteiger partial charge is 0.264 e. The van der Waals surface area contributed by atoms with Crippen molar-refractivity contribution in [2.75, 3.05) is 24.0 Å². The Morgan fingerprint density at radius 2 is 1.66 bits per heavy atom. The third kappa shape index (κ3) is 8.95. The molecule has 0 aliphatic rings. The molecule has 0 radical (unpaired) electrons. The van der Waals surface area contributed by atoms with Crippen molar-refractivity contribution in [3.05, 3.63) is 87.9 Å². The standard InChI is InChI=1S/C30H35BrClN3O5S/c1-5-40-27-13-11-26(12-14-27)35(41(38,39)28-15-9-24(31)10-16-28)20-29(36)34(19-23-7-6-8-25(32)17-23)22(4)30(37)33-18-21(2)3/h6-17,21-22H,5,18-20H2,1-4H3,(H,33,37)/t22-/m1/s1. The van der Waals surface area contributed by atoms with Gasteiger partial charge in [-0.05, 0) is 86.0 Å². The molecule has 0 aliphatic heterocycles. The van der Waals surface area contributed by atoms with Crippen LogP contribution in [-0.4, -0.2) is 50.9 Å². The number of carbonyl (C=O) groups is 2. The van der Waals surface area contributed by atoms with Crippen LogP contribution in [0.25, 0.3) is 0 Å². The Hall–Kier alpha value is -3.08. The van der Waals surface area contributed by atoms with E-state index >= 15 is 0 Å². The third-order valence-electron chi connectivity index (χ3n) is 6.21. The summed E-state index contributed by atoms with van der Waals surface area (Å²) in [6.45, 7) is 7.85. The molecule has 0 saturated heterocycles. The van der Waals surface area contributed by atoms with E-state index in [9.17, 15) is 18.0 Å². The van der Waals surface area contributed by atoms with E-state index in [0.717, 1.165) is 4.31 Å². The number of hydrogen-bond acceptors (Lipinski definition) is 5. The van der Waals surface area contributed by atoms with Gasteiger partial charge in [-0.15, -0.1) is 0 Å². The minimum Gasteiger partial charge on any atom is -0.494 e. The van der Waals surface area contributed by atoms with Crippen molar-refractivity contribution in [1.29, 1.82) is 0 Å². The number of nitrogens with zero attached hydrogens (tertiary/aromatic N) is 2. The second kappa shape index (κ2) is 14.7. The van der Waals surface area contributed by atoms with Crippen LogP contribution in [-0.2, 0) is 26.2 Å². The number of sulfonamides is 1. The molecule has 0 unspecified atom stereocenters. The molecule has 0 heterocycles. The average Bonchev–Trinajstić information content (AvgIpc) is 2.93. The van der Waals surface area contributed by atoms with Crippen LogP contribution < -0.4 is 14.4 Å². The minimum absolute atomic E-state index is 0.0199. The molecule has 0 fully saturated rings. The van der Waals surface area contributed by atoms with Gasteiger partial charge in [-0.1, -0.05) is 53.5 Å². The van der Waals surface area contributed by atoms with Crippen LogP contribution in [0.4, 0.5) is 5.69 Å². The van der Waals surface area contributed by atoms with Crippen molar-refractivity contribution >= 4 is 55.1 Å². The van der Waals surface area contributed by atoms with Crippen LogP contribution in [0.1, 0.15) is 33.3 Å². The summed E-state index contributed by atoms with van der Waals surface area (Å²) in [6.07, 6.45) is 0. The maximum absolute atomic E-state index is 14.0. The number of amides is 2. The molecule has 41 heavy (non-hydrogen) atoms. The van der Waals surface area contributed by atoms with Crippen molar-refractivity contribution in [2.24, 2.45) is 5.92 Å². The summed E-state index contributed by atoms with van der Waals surface area (Å²) in [5, 5.41) is 3.36. The van der Waals surface area contributed by atoms with Gasteiger partial charge in [-0.3, -0.25) is 13.9 Å². The SMILES string of the molecule is CCOc1ccc(N(CC(=O)N(Cc2cccc(Cl)c2)[C@H](C)C(=O)NCC(C)C)S(=O)(=O)c2ccc(Br)cc2)cc1. The van der Waals surface area contributed by atoms with Crippen molar-refractivity contribution in [1.82, 2.24) is 10.2 Å². The van der Waals surface area contributed by atoms with E-state index in [2.05, 4.69) is 21.2 Å². The topological polar surface area (TPSA) is 96.0 Å². The Morgan fingerprint density at radius 3 is 2.24 bits per heavy atom. The molecule has 0 saturated carbocycles. The fourth-order valence-electron chi connectivity index (χ4n) is 4.00. The lowest BCUT2D eigenvalue weighted by Crippen LogP contribution is -2.51. The van der Waals surface area contributed by atoms with E-state index in [1.165, 1.54) is 17.0 Å². The largest absolute Gasteiger partial charge is 0.494 e. The normalized spacial score (nSPS) is 12.1. The zero-order valence-corrected chi connectivity index (χ0v) is 26.7. The molecule has 0 spiro atoms. The zero-order valence-electron chi connectivity index (χ0n) is 23.5. The van der Waals surface area contributed by atoms with Gasteiger partial charge < -0.3 is 15.0 Å². The number of hydrogen-bond donors (Lipinski definition) is 1. The number of nitrogens with one attached hydrogen (secondary N) is 1.